The van der Waals surface area contributed by atoms with Gasteiger partial charge in [0.2, 0.25) is 0 Å². The van der Waals surface area contributed by atoms with Crippen LogP contribution in [0.25, 0.3) is 6.20 Å². The summed E-state index contributed by atoms with van der Waals surface area (Å²) in [4.78, 5) is 0. The van der Waals surface area contributed by atoms with E-state index in [-0.39, 0.29) is 5.92 Å². The summed E-state index contributed by atoms with van der Waals surface area (Å²) in [7, 11) is 0. The molecule has 0 N–H and O–H groups in total. The quantitative estimate of drug-likeness (QED) is 0.862. The first-order chi connectivity index (χ1) is 10.0. The third kappa shape index (κ3) is 2.73. The Hall–Kier alpha value is -2.04. The van der Waals surface area contributed by atoms with Gasteiger partial charge in [-0.2, -0.15) is 0 Å². The van der Waals surface area contributed by atoms with E-state index in [0.29, 0.717) is 12.0 Å². The molecule has 2 aromatic rings. The van der Waals surface area contributed by atoms with Gasteiger partial charge in [-0.25, -0.2) is 8.78 Å². The van der Waals surface area contributed by atoms with E-state index in [9.17, 15) is 8.78 Å². The summed E-state index contributed by atoms with van der Waals surface area (Å²) in [6.07, 6.45) is 4.11. The van der Waals surface area contributed by atoms with Crippen LogP contribution in [0.2, 0.25) is 0 Å². The molecule has 0 spiro atoms. The molecular formula is C16H17F2N3. The molecule has 0 bridgehead atoms. The maximum Gasteiger partial charge on any atom is 0.139 e. The van der Waals surface area contributed by atoms with Crippen molar-refractivity contribution >= 4 is 6.20 Å². The standard InChI is InChI=1S/C16H17F2N3/c1-10(2)16-20-19-15-6-3-11(9-21(15)16)7-12-4-5-13(17)8-14(12)18/h4-5,8-10H,3,6-7H2,1-2H3. The normalized spacial score (nSPS) is 14.2. The van der Waals surface area contributed by atoms with Crippen LogP contribution in [0.1, 0.15) is 43.4 Å². The smallest absolute Gasteiger partial charge is 0.139 e. The van der Waals surface area contributed by atoms with Gasteiger partial charge in [0, 0.05) is 24.6 Å². The SMILES string of the molecule is CC(C)c1nnc2n1C=C(Cc1ccc(F)cc1F)CC2. The van der Waals surface area contributed by atoms with Crippen molar-refractivity contribution in [1.29, 1.82) is 0 Å². The van der Waals surface area contributed by atoms with Crippen molar-refractivity contribution in [1.82, 2.24) is 14.8 Å². The summed E-state index contributed by atoms with van der Waals surface area (Å²) >= 11 is 0. The lowest BCUT2D eigenvalue weighted by Crippen LogP contribution is -2.10. The fraction of sp³-hybridized carbons (Fsp3) is 0.375. The molecule has 0 unspecified atom stereocenters. The molecule has 2 heterocycles. The monoisotopic (exact) mass is 289 g/mol. The number of nitrogens with zero attached hydrogens (tertiary/aromatic N) is 3. The van der Waals surface area contributed by atoms with Crippen molar-refractivity contribution in [3.8, 4) is 0 Å². The predicted octanol–water partition coefficient (Wildman–Crippen LogP) is 3.71. The Bertz CT molecular complexity index is 702. The second kappa shape index (κ2) is 5.39. The first kappa shape index (κ1) is 13.9. The average molecular weight is 289 g/mol. The van der Waals surface area contributed by atoms with Gasteiger partial charge >= 0.3 is 0 Å². The maximum atomic E-state index is 13.8. The number of halogens is 2. The number of allylic oxidation sites excluding steroid dienone is 1. The average Bonchev–Trinajstić information content (AvgIpc) is 2.85. The zero-order chi connectivity index (χ0) is 15.0. The second-order valence-corrected chi connectivity index (χ2v) is 5.70. The number of rotatable bonds is 3. The molecule has 0 radical (unpaired) electrons. The summed E-state index contributed by atoms with van der Waals surface area (Å²) in [5.41, 5.74) is 1.62. The van der Waals surface area contributed by atoms with Crippen LogP contribution in [-0.4, -0.2) is 14.8 Å². The Kier molecular flexibility index (Phi) is 3.57. The Morgan fingerprint density at radius 3 is 2.71 bits per heavy atom. The molecule has 3 rings (SSSR count). The summed E-state index contributed by atoms with van der Waals surface area (Å²) in [6.45, 7) is 4.14. The molecule has 0 fully saturated rings. The summed E-state index contributed by atoms with van der Waals surface area (Å²) in [5, 5.41) is 8.41. The van der Waals surface area contributed by atoms with Crippen molar-refractivity contribution in [2.45, 2.75) is 39.0 Å². The Labute approximate surface area is 122 Å². The Morgan fingerprint density at radius 1 is 1.19 bits per heavy atom. The van der Waals surface area contributed by atoms with E-state index in [1.165, 1.54) is 12.1 Å². The van der Waals surface area contributed by atoms with E-state index < -0.39 is 11.6 Å². The van der Waals surface area contributed by atoms with Crippen molar-refractivity contribution in [3.63, 3.8) is 0 Å². The van der Waals surface area contributed by atoms with E-state index in [1.54, 1.807) is 0 Å². The van der Waals surface area contributed by atoms with Gasteiger partial charge in [-0.1, -0.05) is 19.9 Å². The first-order valence-electron chi connectivity index (χ1n) is 7.11. The highest BCUT2D eigenvalue weighted by Gasteiger charge is 2.19. The van der Waals surface area contributed by atoms with Crippen LogP contribution in [0, 0.1) is 11.6 Å². The summed E-state index contributed by atoms with van der Waals surface area (Å²) in [6, 6.07) is 3.74. The number of aromatic nitrogens is 3. The number of hydrogen-bond acceptors (Lipinski definition) is 2. The zero-order valence-electron chi connectivity index (χ0n) is 12.1. The topological polar surface area (TPSA) is 30.7 Å². The lowest BCUT2D eigenvalue weighted by atomic mass is 9.99. The summed E-state index contributed by atoms with van der Waals surface area (Å²) < 4.78 is 28.7. The van der Waals surface area contributed by atoms with Crippen LogP contribution in [0.4, 0.5) is 8.78 Å². The highest BCUT2D eigenvalue weighted by atomic mass is 19.1. The van der Waals surface area contributed by atoms with Gasteiger partial charge in [0.1, 0.15) is 23.3 Å². The molecule has 0 saturated heterocycles. The largest absolute Gasteiger partial charge is 0.290 e. The maximum absolute atomic E-state index is 13.8. The van der Waals surface area contributed by atoms with Crippen molar-refractivity contribution in [2.75, 3.05) is 0 Å². The van der Waals surface area contributed by atoms with Crippen LogP contribution in [-0.2, 0) is 12.8 Å². The van der Waals surface area contributed by atoms with Gasteiger partial charge in [-0.05, 0) is 30.0 Å². The van der Waals surface area contributed by atoms with Gasteiger partial charge in [0.25, 0.3) is 0 Å². The molecule has 1 aromatic carbocycles. The minimum Gasteiger partial charge on any atom is -0.290 e. The van der Waals surface area contributed by atoms with Gasteiger partial charge < -0.3 is 0 Å². The van der Waals surface area contributed by atoms with E-state index in [0.717, 1.165) is 36.1 Å². The van der Waals surface area contributed by atoms with Crippen molar-refractivity contribution in [2.24, 2.45) is 0 Å². The molecule has 110 valence electrons. The van der Waals surface area contributed by atoms with E-state index in [1.807, 2.05) is 10.8 Å². The van der Waals surface area contributed by atoms with Crippen LogP contribution in [0.15, 0.2) is 23.8 Å². The van der Waals surface area contributed by atoms with E-state index in [2.05, 4.69) is 24.0 Å². The second-order valence-electron chi connectivity index (χ2n) is 5.70. The van der Waals surface area contributed by atoms with Crippen LogP contribution >= 0.6 is 0 Å². The third-order valence-corrected chi connectivity index (χ3v) is 3.72. The Morgan fingerprint density at radius 2 is 2.00 bits per heavy atom. The molecule has 1 aliphatic rings. The lowest BCUT2D eigenvalue weighted by molar-refractivity contribution is 0.573. The van der Waals surface area contributed by atoms with Gasteiger partial charge in [0.15, 0.2) is 0 Å². The molecule has 21 heavy (non-hydrogen) atoms. The minimum atomic E-state index is -0.544. The number of aryl methyl sites for hydroxylation is 1. The molecule has 3 nitrogen and oxygen atoms in total. The fourth-order valence-electron chi connectivity index (χ4n) is 2.61. The first-order valence-corrected chi connectivity index (χ1v) is 7.11. The highest BCUT2D eigenvalue weighted by molar-refractivity contribution is 5.40. The van der Waals surface area contributed by atoms with Crippen molar-refractivity contribution in [3.05, 3.63) is 52.6 Å². The minimum absolute atomic E-state index is 0.282. The lowest BCUT2D eigenvalue weighted by Gasteiger charge is -2.17. The van der Waals surface area contributed by atoms with Gasteiger partial charge in [-0.3, -0.25) is 4.57 Å². The number of hydrogen-bond donors (Lipinski definition) is 0. The van der Waals surface area contributed by atoms with Crippen LogP contribution in [0.3, 0.4) is 0 Å². The molecule has 1 aliphatic heterocycles. The molecule has 0 aliphatic carbocycles. The van der Waals surface area contributed by atoms with E-state index >= 15 is 0 Å². The zero-order valence-corrected chi connectivity index (χ0v) is 12.1. The molecular weight excluding hydrogens is 272 g/mol. The van der Waals surface area contributed by atoms with Crippen LogP contribution < -0.4 is 0 Å². The van der Waals surface area contributed by atoms with Gasteiger partial charge in [0.05, 0.1) is 0 Å². The third-order valence-electron chi connectivity index (χ3n) is 3.72. The fourth-order valence-corrected chi connectivity index (χ4v) is 2.61. The predicted molar refractivity (Wildman–Crippen MR) is 76.8 cm³/mol. The molecule has 0 amide bonds. The Balaban J connectivity index is 1.90. The molecule has 0 saturated carbocycles. The molecule has 0 atom stereocenters. The molecule has 5 heteroatoms. The number of fused-ring (bicyclic) bond motifs is 1. The highest BCUT2D eigenvalue weighted by Crippen LogP contribution is 2.25. The summed E-state index contributed by atoms with van der Waals surface area (Å²) in [5.74, 6) is 1.11. The van der Waals surface area contributed by atoms with Crippen molar-refractivity contribution < 1.29 is 8.78 Å². The molecule has 1 aromatic heterocycles. The van der Waals surface area contributed by atoms with E-state index in [4.69, 9.17) is 0 Å². The van der Waals surface area contributed by atoms with Crippen LogP contribution in [0.5, 0.6) is 0 Å². The van der Waals surface area contributed by atoms with Gasteiger partial charge in [-0.15, -0.1) is 10.2 Å². The number of benzene rings is 1.